The zero-order valence-electron chi connectivity index (χ0n) is 34.3. The van der Waals surface area contributed by atoms with Crippen molar-refractivity contribution in [1.29, 1.82) is 0 Å². The van der Waals surface area contributed by atoms with Gasteiger partial charge in [0.2, 0.25) is 0 Å². The normalized spacial score (nSPS) is 14.5. The molecule has 0 spiro atoms. The van der Waals surface area contributed by atoms with Crippen molar-refractivity contribution in [2.24, 2.45) is 11.3 Å². The van der Waals surface area contributed by atoms with Gasteiger partial charge < -0.3 is 24.8 Å². The van der Waals surface area contributed by atoms with Gasteiger partial charge in [-0.2, -0.15) is 11.6 Å². The largest absolute Gasteiger partial charge is 1.00 e. The second-order valence-electron chi connectivity index (χ2n) is 17.4. The summed E-state index contributed by atoms with van der Waals surface area (Å²) >= 11 is 0.729. The van der Waals surface area contributed by atoms with E-state index in [0.717, 1.165) is 48.5 Å². The maximum atomic E-state index is 12.7. The molecule has 0 fully saturated rings. The fourth-order valence-corrected chi connectivity index (χ4v) is 7.04. The number of allylic oxidation sites excluding steroid dienone is 4. The molecule has 1 aliphatic carbocycles. The zero-order valence-corrected chi connectivity index (χ0v) is 38.3. The smallest absolute Gasteiger partial charge is 1.00 e. The fraction of sp³-hybridized carbons (Fsp3) is 0.375. The van der Waals surface area contributed by atoms with Crippen molar-refractivity contribution < 1.29 is 75.4 Å². The van der Waals surface area contributed by atoms with Gasteiger partial charge in [0.1, 0.15) is 0 Å². The average molecular weight is 905 g/mol. The Hall–Kier alpha value is -2.86. The summed E-state index contributed by atoms with van der Waals surface area (Å²) in [7, 11) is 0. The van der Waals surface area contributed by atoms with Crippen LogP contribution in [0.4, 0.5) is 26.3 Å². The SMILES string of the molecule is CC(C)(C)c1ccc2c(c1)[cH-]c1cc(C(C)(C)C)ccc12.CCCC1[C-]=CC(C(C)(C)C)=C1.FC(F)(F)c1cccc([C](=[Zr+2])c2cccc(C(F)(F)F)c2)c1.[Cl-].[Cl-]. The van der Waals surface area contributed by atoms with Crippen molar-refractivity contribution in [3.05, 3.63) is 148 Å². The van der Waals surface area contributed by atoms with E-state index in [1.807, 2.05) is 0 Å². The predicted octanol–water partition coefficient (Wildman–Crippen LogP) is 8.90. The van der Waals surface area contributed by atoms with Gasteiger partial charge in [0, 0.05) is 0 Å². The van der Waals surface area contributed by atoms with E-state index in [0.29, 0.717) is 14.5 Å². The maximum Gasteiger partial charge on any atom is -1.00 e. The molecular formula is C48H52Cl2F6Zr-2. The molecule has 1 aliphatic rings. The van der Waals surface area contributed by atoms with Crippen molar-refractivity contribution in [1.82, 2.24) is 0 Å². The molecule has 0 amide bonds. The Balaban J connectivity index is 0.000000302. The predicted molar refractivity (Wildman–Crippen MR) is 214 cm³/mol. The topological polar surface area (TPSA) is 0 Å². The summed E-state index contributed by atoms with van der Waals surface area (Å²) in [4.78, 5) is 0. The number of hydrogen-bond acceptors (Lipinski definition) is 0. The van der Waals surface area contributed by atoms with Crippen molar-refractivity contribution >= 4 is 24.8 Å². The number of hydrogen-bond donors (Lipinski definition) is 0. The molecule has 6 rings (SSSR count). The summed E-state index contributed by atoms with van der Waals surface area (Å²) < 4.78 is 76.7. The van der Waals surface area contributed by atoms with Gasteiger partial charge >= 0.3 is 137 Å². The first-order valence-electron chi connectivity index (χ1n) is 18.7. The van der Waals surface area contributed by atoms with Crippen LogP contribution < -0.4 is 24.8 Å². The zero-order chi connectivity index (χ0) is 41.1. The van der Waals surface area contributed by atoms with Crippen LogP contribution in [0, 0.1) is 17.4 Å². The summed E-state index contributed by atoms with van der Waals surface area (Å²) in [6.45, 7) is 22.6. The van der Waals surface area contributed by atoms with E-state index in [1.54, 1.807) is 0 Å². The second kappa shape index (κ2) is 19.5. The van der Waals surface area contributed by atoms with E-state index < -0.39 is 23.5 Å². The third-order valence-electron chi connectivity index (χ3n) is 9.69. The third-order valence-corrected chi connectivity index (χ3v) is 11.1. The first-order chi connectivity index (χ1) is 25.3. The summed E-state index contributed by atoms with van der Waals surface area (Å²) in [5.74, 6) is 0.587. The summed E-state index contributed by atoms with van der Waals surface area (Å²) in [5.41, 5.74) is 3.86. The van der Waals surface area contributed by atoms with Crippen LogP contribution in [0.1, 0.15) is 115 Å². The van der Waals surface area contributed by atoms with Crippen molar-refractivity contribution in [2.75, 3.05) is 0 Å². The Bertz CT molecular complexity index is 2050. The maximum absolute atomic E-state index is 12.7. The van der Waals surface area contributed by atoms with Gasteiger partial charge in [0.05, 0.1) is 0 Å². The molecule has 0 radical (unpaired) electrons. The van der Waals surface area contributed by atoms with Crippen LogP contribution in [-0.4, -0.2) is 3.21 Å². The number of rotatable bonds is 4. The van der Waals surface area contributed by atoms with E-state index >= 15 is 0 Å². The third kappa shape index (κ3) is 13.6. The van der Waals surface area contributed by atoms with E-state index in [-0.39, 0.29) is 46.8 Å². The van der Waals surface area contributed by atoms with Gasteiger partial charge in [-0.3, -0.25) is 6.08 Å². The van der Waals surface area contributed by atoms with E-state index in [2.05, 4.69) is 130 Å². The molecule has 0 N–H and O–H groups in total. The molecule has 0 saturated heterocycles. The minimum Gasteiger partial charge on any atom is -1.00 e. The molecule has 5 aromatic rings. The van der Waals surface area contributed by atoms with Crippen LogP contribution in [0.25, 0.3) is 21.5 Å². The number of alkyl halides is 6. The first kappa shape index (κ1) is 50.3. The van der Waals surface area contributed by atoms with Gasteiger partial charge in [-0.15, -0.1) is 39.7 Å². The van der Waals surface area contributed by atoms with E-state index in [4.69, 9.17) is 0 Å². The summed E-state index contributed by atoms with van der Waals surface area (Å²) in [5, 5.41) is 5.48. The molecule has 0 heterocycles. The molecule has 0 bridgehead atoms. The summed E-state index contributed by atoms with van der Waals surface area (Å²) in [6.07, 6.45) is 1.45. The first-order valence-corrected chi connectivity index (χ1v) is 19.9. The molecule has 0 nitrogen and oxygen atoms in total. The standard InChI is InChI=1S/C21H25.C15H8F6.C12H19.2ClH.Zr/c1-20(2,3)16-7-9-18-14(12-16)11-15-13-17(21(4,5)6)8-10-19(15)18;16-14(17,18)12-5-1-3-10(8-12)7-11-4-2-6-13(9-11)15(19,20)21;1-5-6-10-7-8-11(9-10)12(2,3)4;;;/h7-13H,1-6H3;1-6,8-9H;8-10H,5-6H2,1-4H3;2*1H;/q-1;;-1;;;+2/p-2. The van der Waals surface area contributed by atoms with Crippen molar-refractivity contribution in [3.8, 4) is 0 Å². The molecule has 0 aliphatic heterocycles. The van der Waals surface area contributed by atoms with Crippen LogP contribution in [-0.2, 0) is 47.4 Å². The minimum absolute atomic E-state index is 0. The second-order valence-corrected chi connectivity index (χ2v) is 18.6. The molecule has 9 heteroatoms. The Kier molecular flexibility index (Phi) is 17.2. The Labute approximate surface area is 362 Å². The molecule has 1 unspecified atom stereocenters. The Morgan fingerprint density at radius 1 is 0.596 bits per heavy atom. The molecule has 306 valence electrons. The van der Waals surface area contributed by atoms with Crippen LogP contribution in [0.3, 0.4) is 0 Å². The number of benzene rings is 4. The molecule has 0 saturated carbocycles. The van der Waals surface area contributed by atoms with Crippen LogP contribution in [0.5, 0.6) is 0 Å². The van der Waals surface area contributed by atoms with Crippen molar-refractivity contribution in [2.45, 2.75) is 105 Å². The monoisotopic (exact) mass is 902 g/mol. The number of fused-ring (bicyclic) bond motifs is 3. The van der Waals surface area contributed by atoms with Gasteiger partial charge in [0.25, 0.3) is 0 Å². The van der Waals surface area contributed by atoms with E-state index in [1.165, 1.54) is 75.4 Å². The van der Waals surface area contributed by atoms with Gasteiger partial charge in [-0.1, -0.05) is 129 Å². The van der Waals surface area contributed by atoms with Gasteiger partial charge in [0.15, 0.2) is 0 Å². The average Bonchev–Trinajstić information content (AvgIpc) is 3.72. The van der Waals surface area contributed by atoms with Gasteiger partial charge in [-0.05, 0) is 10.8 Å². The van der Waals surface area contributed by atoms with Gasteiger partial charge in [-0.25, -0.2) is 6.08 Å². The van der Waals surface area contributed by atoms with E-state index in [9.17, 15) is 26.3 Å². The Morgan fingerprint density at radius 3 is 1.35 bits per heavy atom. The van der Waals surface area contributed by atoms with Crippen LogP contribution in [0.15, 0.2) is 109 Å². The molecule has 0 aromatic heterocycles. The van der Waals surface area contributed by atoms with Crippen LogP contribution in [0.2, 0.25) is 0 Å². The summed E-state index contributed by atoms with van der Waals surface area (Å²) in [6, 6.07) is 25.3. The molecule has 1 atom stereocenters. The molecule has 57 heavy (non-hydrogen) atoms. The molecular weight excluding hydrogens is 853 g/mol. The number of halogens is 8. The fourth-order valence-electron chi connectivity index (χ4n) is 6.28. The van der Waals surface area contributed by atoms with Crippen molar-refractivity contribution in [3.63, 3.8) is 0 Å². The Morgan fingerprint density at radius 2 is 1.02 bits per heavy atom. The quantitative estimate of drug-likeness (QED) is 0.125. The van der Waals surface area contributed by atoms with Crippen LogP contribution >= 0.6 is 0 Å². The molecule has 5 aromatic carbocycles. The minimum atomic E-state index is -4.49.